The average molecular weight is 462 g/mol. The summed E-state index contributed by atoms with van der Waals surface area (Å²) >= 11 is 0. The lowest BCUT2D eigenvalue weighted by atomic mass is 9.60. The van der Waals surface area contributed by atoms with Crippen LogP contribution in [0.5, 0.6) is 0 Å². The third-order valence-electron chi connectivity index (χ3n) is 6.13. The van der Waals surface area contributed by atoms with Gasteiger partial charge in [-0.3, -0.25) is 9.78 Å². The van der Waals surface area contributed by atoms with Gasteiger partial charge < -0.3 is 15.5 Å². The van der Waals surface area contributed by atoms with Gasteiger partial charge in [0.2, 0.25) is 0 Å². The van der Waals surface area contributed by atoms with Gasteiger partial charge in [-0.25, -0.2) is 13.7 Å². The molecule has 1 aliphatic heterocycles. The summed E-state index contributed by atoms with van der Waals surface area (Å²) < 4.78 is 53.8. The number of nitrogens with one attached hydrogen (secondary N) is 2. The van der Waals surface area contributed by atoms with Gasteiger partial charge >= 0.3 is 12.2 Å². The quantitative estimate of drug-likeness (QED) is 0.585. The van der Waals surface area contributed by atoms with Crippen LogP contribution in [0.2, 0.25) is 0 Å². The Morgan fingerprint density at radius 2 is 1.91 bits per heavy atom. The van der Waals surface area contributed by atoms with Gasteiger partial charge in [0.1, 0.15) is 5.82 Å². The minimum absolute atomic E-state index is 0.101. The van der Waals surface area contributed by atoms with Crippen LogP contribution in [-0.4, -0.2) is 50.6 Å². The maximum absolute atomic E-state index is 13.8. The Morgan fingerprint density at radius 1 is 1.15 bits per heavy atom. The van der Waals surface area contributed by atoms with E-state index in [0.29, 0.717) is 55.2 Å². The second kappa shape index (κ2) is 7.42. The van der Waals surface area contributed by atoms with Crippen molar-refractivity contribution in [1.82, 2.24) is 24.8 Å². The first kappa shape index (κ1) is 21.2. The number of anilines is 1. The first-order chi connectivity index (χ1) is 15.6. The van der Waals surface area contributed by atoms with E-state index in [0.717, 1.165) is 0 Å². The zero-order chi connectivity index (χ0) is 23.4. The zero-order valence-corrected chi connectivity index (χ0v) is 17.1. The first-order valence-corrected chi connectivity index (χ1v) is 10.1. The molecule has 0 atom stereocenters. The molecule has 1 saturated heterocycles. The molecule has 3 heterocycles. The molecule has 8 nitrogen and oxygen atoms in total. The van der Waals surface area contributed by atoms with E-state index < -0.39 is 29.3 Å². The smallest absolute Gasteiger partial charge is 0.337 e. The molecule has 1 aromatic carbocycles. The summed E-state index contributed by atoms with van der Waals surface area (Å²) in [5, 5.41) is 8.93. The van der Waals surface area contributed by atoms with Crippen molar-refractivity contribution in [3.63, 3.8) is 0 Å². The van der Waals surface area contributed by atoms with Gasteiger partial charge in [0, 0.05) is 36.9 Å². The Morgan fingerprint density at radius 3 is 2.64 bits per heavy atom. The molecule has 3 aromatic rings. The molecule has 1 saturated carbocycles. The second-order valence-electron chi connectivity index (χ2n) is 8.52. The van der Waals surface area contributed by atoms with Crippen LogP contribution in [0.4, 0.5) is 28.0 Å². The molecule has 0 bridgehead atoms. The number of fused-ring (bicyclic) bond motifs is 1. The normalized spacial score (nSPS) is 17.5. The molecule has 2 N–H and O–H groups in total. The van der Waals surface area contributed by atoms with Gasteiger partial charge in [-0.15, -0.1) is 0 Å². The number of hydrogen-bond donors (Lipinski definition) is 2. The molecule has 2 fully saturated rings. The van der Waals surface area contributed by atoms with Crippen LogP contribution in [0.15, 0.2) is 43.0 Å². The fraction of sp³-hybridized carbons (Fsp3) is 0.333. The van der Waals surface area contributed by atoms with Gasteiger partial charge in [0.25, 0.3) is 5.91 Å². The van der Waals surface area contributed by atoms with Gasteiger partial charge in [0.05, 0.1) is 34.7 Å². The van der Waals surface area contributed by atoms with Crippen molar-refractivity contribution in [2.45, 2.75) is 25.1 Å². The maximum atomic E-state index is 13.8. The summed E-state index contributed by atoms with van der Waals surface area (Å²) in [6, 6.07) is 0.845. The third-order valence-corrected chi connectivity index (χ3v) is 6.13. The molecule has 2 aliphatic rings. The number of nitrogens with zero attached hydrogens (tertiary/aromatic N) is 4. The predicted molar refractivity (Wildman–Crippen MR) is 108 cm³/mol. The Bertz CT molecular complexity index is 1240. The van der Waals surface area contributed by atoms with Crippen molar-refractivity contribution < 1.29 is 27.2 Å². The van der Waals surface area contributed by atoms with Crippen LogP contribution in [0.25, 0.3) is 5.52 Å². The molecule has 3 amide bonds. The molecular weight excluding hydrogens is 444 g/mol. The highest BCUT2D eigenvalue weighted by atomic mass is 19.4. The van der Waals surface area contributed by atoms with Crippen molar-refractivity contribution in [2.24, 2.45) is 5.41 Å². The van der Waals surface area contributed by atoms with Gasteiger partial charge in [-0.2, -0.15) is 18.3 Å². The summed E-state index contributed by atoms with van der Waals surface area (Å²) in [5.74, 6) is -1.10. The summed E-state index contributed by atoms with van der Waals surface area (Å²) in [5.41, 5.74) is -0.608. The number of rotatable bonds is 3. The Balaban J connectivity index is 1.13. The molecule has 2 aromatic heterocycles. The highest BCUT2D eigenvalue weighted by Crippen LogP contribution is 2.48. The SMILES string of the molecule is O=C(Nc1cc(C(F)(F)F)ccc1F)NC1CC2(C1)CN(C(=O)c1cnn3ccncc13)C2. The lowest BCUT2D eigenvalue weighted by molar-refractivity contribution is -0.137. The lowest BCUT2D eigenvalue weighted by Crippen LogP contribution is -2.67. The van der Waals surface area contributed by atoms with Crippen molar-refractivity contribution in [2.75, 3.05) is 18.4 Å². The highest BCUT2D eigenvalue weighted by molar-refractivity contribution is 6.01. The molecule has 1 spiro atoms. The van der Waals surface area contributed by atoms with Crippen LogP contribution in [0, 0.1) is 11.2 Å². The largest absolute Gasteiger partial charge is 0.416 e. The number of carbonyl (C=O) groups excluding carboxylic acids is 2. The van der Waals surface area contributed by atoms with E-state index in [9.17, 15) is 27.2 Å². The Hall–Kier alpha value is -3.70. The number of benzene rings is 1. The summed E-state index contributed by atoms with van der Waals surface area (Å²) in [6.45, 7) is 1.07. The number of hydrogen-bond acceptors (Lipinski definition) is 4. The van der Waals surface area contributed by atoms with Gasteiger partial charge in [-0.1, -0.05) is 0 Å². The first-order valence-electron chi connectivity index (χ1n) is 10.1. The Labute approximate surface area is 184 Å². The van der Waals surface area contributed by atoms with Gasteiger partial charge in [-0.05, 0) is 31.0 Å². The van der Waals surface area contributed by atoms with E-state index in [-0.39, 0.29) is 17.4 Å². The van der Waals surface area contributed by atoms with Crippen LogP contribution in [0.3, 0.4) is 0 Å². The van der Waals surface area contributed by atoms with E-state index >= 15 is 0 Å². The van der Waals surface area contributed by atoms with Crippen LogP contribution in [-0.2, 0) is 6.18 Å². The number of amides is 3. The molecule has 5 rings (SSSR count). The van der Waals surface area contributed by atoms with Crippen LogP contribution < -0.4 is 10.6 Å². The summed E-state index contributed by atoms with van der Waals surface area (Å²) in [7, 11) is 0. The van der Waals surface area contributed by atoms with Crippen molar-refractivity contribution in [3.8, 4) is 0 Å². The minimum Gasteiger partial charge on any atom is -0.337 e. The molecule has 0 radical (unpaired) electrons. The molecule has 12 heteroatoms. The van der Waals surface area contributed by atoms with Crippen molar-refractivity contribution in [3.05, 3.63) is 59.9 Å². The number of carbonyl (C=O) groups is 2. The van der Waals surface area contributed by atoms with Crippen LogP contribution in [0.1, 0.15) is 28.8 Å². The van der Waals surface area contributed by atoms with Crippen molar-refractivity contribution >= 4 is 23.1 Å². The third kappa shape index (κ3) is 3.85. The van der Waals surface area contributed by atoms with E-state index in [1.165, 1.54) is 6.20 Å². The van der Waals surface area contributed by atoms with Crippen molar-refractivity contribution in [1.29, 1.82) is 0 Å². The summed E-state index contributed by atoms with van der Waals surface area (Å²) in [6.07, 6.45) is 2.90. The minimum atomic E-state index is -4.64. The topological polar surface area (TPSA) is 91.6 Å². The molecule has 1 aliphatic carbocycles. The maximum Gasteiger partial charge on any atom is 0.416 e. The number of halogens is 4. The monoisotopic (exact) mass is 462 g/mol. The predicted octanol–water partition coefficient (Wildman–Crippen LogP) is 3.31. The number of likely N-dealkylation sites (tertiary alicyclic amines) is 1. The molecular formula is C21H18F4N6O2. The second-order valence-corrected chi connectivity index (χ2v) is 8.52. The average Bonchev–Trinajstić information content (AvgIpc) is 3.13. The lowest BCUT2D eigenvalue weighted by Gasteiger charge is -2.58. The molecule has 33 heavy (non-hydrogen) atoms. The van der Waals surface area contributed by atoms with E-state index in [2.05, 4.69) is 20.7 Å². The van der Waals surface area contributed by atoms with E-state index in [1.807, 2.05) is 0 Å². The number of urea groups is 1. The fourth-order valence-electron chi connectivity index (χ4n) is 4.56. The standard InChI is InChI=1S/C21H18F4N6O2/c22-15-2-1-12(21(23,24)25)5-16(15)29-19(33)28-13-6-20(7-13)10-30(11-20)18(32)14-8-27-31-4-3-26-9-17(14)31/h1-5,8-9,13H,6-7,10-11H2,(H2,28,29,33). The summed E-state index contributed by atoms with van der Waals surface area (Å²) in [4.78, 5) is 30.6. The molecule has 172 valence electrons. The Kier molecular flexibility index (Phi) is 4.76. The number of alkyl halides is 3. The zero-order valence-electron chi connectivity index (χ0n) is 17.1. The molecule has 0 unspecified atom stereocenters. The fourth-order valence-corrected chi connectivity index (χ4v) is 4.56. The van der Waals surface area contributed by atoms with E-state index in [4.69, 9.17) is 0 Å². The van der Waals surface area contributed by atoms with Crippen LogP contribution >= 0.6 is 0 Å². The number of aromatic nitrogens is 3. The van der Waals surface area contributed by atoms with Gasteiger partial charge in [0.15, 0.2) is 0 Å². The highest BCUT2D eigenvalue weighted by Gasteiger charge is 2.54. The van der Waals surface area contributed by atoms with E-state index in [1.54, 1.807) is 28.0 Å².